The first-order valence-corrected chi connectivity index (χ1v) is 6.88. The molecule has 16 heavy (non-hydrogen) atoms. The number of rotatable bonds is 2. The molecular weight excluding hydrogens is 250 g/mol. The van der Waals surface area contributed by atoms with Gasteiger partial charge in [-0.15, -0.1) is 0 Å². The fourth-order valence-corrected chi connectivity index (χ4v) is 3.52. The molecule has 1 unspecified atom stereocenters. The summed E-state index contributed by atoms with van der Waals surface area (Å²) in [6.45, 7) is 2.86. The monoisotopic (exact) mass is 261 g/mol. The van der Waals surface area contributed by atoms with E-state index in [1.807, 2.05) is 0 Å². The number of nitrogens with zero attached hydrogens (tertiary/aromatic N) is 2. The number of aromatic nitrogens is 2. The van der Waals surface area contributed by atoms with E-state index >= 15 is 0 Å². The minimum absolute atomic E-state index is 0.161. The van der Waals surface area contributed by atoms with E-state index in [0.717, 1.165) is 0 Å². The molecule has 7 heteroatoms. The van der Waals surface area contributed by atoms with E-state index in [1.165, 1.54) is 6.07 Å². The fourth-order valence-electron chi connectivity index (χ4n) is 1.67. The van der Waals surface area contributed by atoms with Gasteiger partial charge in [-0.1, -0.05) is 11.6 Å². The Kier molecular flexibility index (Phi) is 3.14. The Morgan fingerprint density at radius 3 is 2.81 bits per heavy atom. The first-order valence-electron chi connectivity index (χ1n) is 4.96. The first kappa shape index (κ1) is 11.8. The van der Waals surface area contributed by atoms with Crippen molar-refractivity contribution in [3.05, 3.63) is 16.9 Å². The quantitative estimate of drug-likeness (QED) is 0.623. The first-order chi connectivity index (χ1) is 7.50. The maximum atomic E-state index is 12.1. The Hall–Kier alpha value is -0.720. The minimum atomic E-state index is -3.45. The molecule has 0 amide bonds. The summed E-state index contributed by atoms with van der Waals surface area (Å²) in [4.78, 5) is 7.73. The number of hydrogen-bond donors (Lipinski definition) is 1. The number of halogens is 1. The fraction of sp³-hybridized carbons (Fsp3) is 0.556. The predicted molar refractivity (Wildman–Crippen MR) is 60.2 cm³/mol. The van der Waals surface area contributed by atoms with E-state index in [2.05, 4.69) is 15.3 Å². The van der Waals surface area contributed by atoms with Gasteiger partial charge in [0.05, 0.1) is 5.25 Å². The summed E-state index contributed by atoms with van der Waals surface area (Å²) < 4.78 is 24.2. The van der Waals surface area contributed by atoms with Gasteiger partial charge in [-0.25, -0.2) is 18.4 Å². The van der Waals surface area contributed by atoms with Crippen molar-refractivity contribution in [3.63, 3.8) is 0 Å². The molecule has 0 saturated carbocycles. The third-order valence-electron chi connectivity index (χ3n) is 2.51. The highest BCUT2D eigenvalue weighted by Crippen LogP contribution is 2.19. The Labute approximate surface area is 99.2 Å². The molecule has 5 nitrogen and oxygen atoms in total. The average molecular weight is 262 g/mol. The maximum Gasteiger partial charge on any atom is 0.249 e. The normalized spacial score (nSPS) is 21.2. The molecule has 1 aromatic rings. The van der Waals surface area contributed by atoms with Crippen LogP contribution in [0.2, 0.25) is 5.15 Å². The van der Waals surface area contributed by atoms with Crippen LogP contribution in [0.5, 0.6) is 0 Å². The molecule has 2 heterocycles. The number of sulfone groups is 1. The third kappa shape index (κ3) is 2.18. The molecule has 2 rings (SSSR count). The summed E-state index contributed by atoms with van der Waals surface area (Å²) in [6.07, 6.45) is 0.594. The molecule has 1 aliphatic heterocycles. The summed E-state index contributed by atoms with van der Waals surface area (Å²) in [5, 5.41) is 2.57. The van der Waals surface area contributed by atoms with E-state index < -0.39 is 15.1 Å². The van der Waals surface area contributed by atoms with Crippen LogP contribution in [0.3, 0.4) is 0 Å². The second kappa shape index (κ2) is 4.27. The second-order valence-electron chi connectivity index (χ2n) is 3.77. The maximum absolute atomic E-state index is 12.1. The van der Waals surface area contributed by atoms with Gasteiger partial charge in [0.1, 0.15) is 5.15 Å². The van der Waals surface area contributed by atoms with Gasteiger partial charge in [0.2, 0.25) is 15.0 Å². The molecule has 88 valence electrons. The van der Waals surface area contributed by atoms with E-state index in [1.54, 1.807) is 6.92 Å². The van der Waals surface area contributed by atoms with Crippen molar-refractivity contribution < 1.29 is 8.42 Å². The zero-order valence-electron chi connectivity index (χ0n) is 8.77. The molecule has 1 atom stereocenters. The Morgan fingerprint density at radius 2 is 2.25 bits per heavy atom. The topological polar surface area (TPSA) is 72.0 Å². The van der Waals surface area contributed by atoms with Gasteiger partial charge in [-0.2, -0.15) is 0 Å². The average Bonchev–Trinajstić information content (AvgIpc) is 2.69. The molecule has 1 N–H and O–H groups in total. The van der Waals surface area contributed by atoms with Crippen molar-refractivity contribution in [2.75, 3.05) is 13.1 Å². The van der Waals surface area contributed by atoms with Crippen molar-refractivity contribution in [1.82, 2.24) is 15.3 Å². The molecule has 0 aromatic carbocycles. The smallest absolute Gasteiger partial charge is 0.249 e. The third-order valence-corrected chi connectivity index (χ3v) is 4.68. The van der Waals surface area contributed by atoms with E-state index in [-0.39, 0.29) is 10.3 Å². The number of aryl methyl sites for hydroxylation is 1. The predicted octanol–water partition coefficient (Wildman–Crippen LogP) is 0.574. The lowest BCUT2D eigenvalue weighted by Gasteiger charge is -2.09. The number of hydrogen-bond acceptors (Lipinski definition) is 5. The largest absolute Gasteiger partial charge is 0.315 e. The van der Waals surface area contributed by atoms with Crippen LogP contribution in [0, 0.1) is 6.92 Å². The van der Waals surface area contributed by atoms with Gasteiger partial charge >= 0.3 is 0 Å². The van der Waals surface area contributed by atoms with Crippen molar-refractivity contribution in [2.45, 2.75) is 23.8 Å². The molecule has 1 aromatic heterocycles. The molecule has 0 aliphatic carbocycles. The van der Waals surface area contributed by atoms with E-state index in [4.69, 9.17) is 11.6 Å². The summed E-state index contributed by atoms with van der Waals surface area (Å²) in [5.41, 5.74) is 0.560. The zero-order chi connectivity index (χ0) is 11.8. The number of nitrogens with one attached hydrogen (secondary N) is 1. The van der Waals surface area contributed by atoms with Crippen LogP contribution in [0.1, 0.15) is 12.1 Å². The Balaban J connectivity index is 2.42. The second-order valence-corrected chi connectivity index (χ2v) is 6.28. The van der Waals surface area contributed by atoms with Crippen LogP contribution in [-0.2, 0) is 9.84 Å². The van der Waals surface area contributed by atoms with Gasteiger partial charge in [0.15, 0.2) is 0 Å². The summed E-state index contributed by atoms with van der Waals surface area (Å²) in [5.74, 6) is 0. The highest BCUT2D eigenvalue weighted by atomic mass is 35.5. The molecule has 0 spiro atoms. The summed E-state index contributed by atoms with van der Waals surface area (Å²) >= 11 is 5.73. The molecular formula is C9H12ClN3O2S. The lowest BCUT2D eigenvalue weighted by Crippen LogP contribution is -2.25. The van der Waals surface area contributed by atoms with Crippen LogP contribution in [-0.4, -0.2) is 36.7 Å². The molecule has 0 bridgehead atoms. The van der Waals surface area contributed by atoms with Crippen LogP contribution in [0.4, 0.5) is 0 Å². The molecule has 1 fully saturated rings. The van der Waals surface area contributed by atoms with E-state index in [9.17, 15) is 8.42 Å². The highest BCUT2D eigenvalue weighted by molar-refractivity contribution is 7.91. The van der Waals surface area contributed by atoms with Gasteiger partial charge in [-0.05, 0) is 26.0 Å². The van der Waals surface area contributed by atoms with Crippen molar-refractivity contribution in [3.8, 4) is 0 Å². The van der Waals surface area contributed by atoms with Crippen LogP contribution < -0.4 is 5.32 Å². The van der Waals surface area contributed by atoms with Crippen molar-refractivity contribution in [1.29, 1.82) is 0 Å². The summed E-state index contributed by atoms with van der Waals surface area (Å²) in [7, 11) is -3.45. The van der Waals surface area contributed by atoms with Gasteiger partial charge in [-0.3, -0.25) is 0 Å². The van der Waals surface area contributed by atoms with Crippen molar-refractivity contribution in [2.24, 2.45) is 0 Å². The van der Waals surface area contributed by atoms with Crippen molar-refractivity contribution >= 4 is 21.4 Å². The minimum Gasteiger partial charge on any atom is -0.315 e. The standard InChI is InChI=1S/C9H12ClN3O2S/c1-6-4-8(10)13-9(12-6)16(14,15)7-2-3-11-5-7/h4,7,11H,2-3,5H2,1H3. The Morgan fingerprint density at radius 1 is 1.50 bits per heavy atom. The zero-order valence-corrected chi connectivity index (χ0v) is 10.3. The van der Waals surface area contributed by atoms with Crippen LogP contribution in [0.15, 0.2) is 11.2 Å². The van der Waals surface area contributed by atoms with Gasteiger partial charge < -0.3 is 5.32 Å². The lowest BCUT2D eigenvalue weighted by atomic mass is 10.4. The molecule has 0 radical (unpaired) electrons. The van der Waals surface area contributed by atoms with Gasteiger partial charge in [0, 0.05) is 12.2 Å². The Bertz CT molecular complexity index is 477. The SMILES string of the molecule is Cc1cc(Cl)nc(S(=O)(=O)C2CCNC2)n1. The molecule has 1 saturated heterocycles. The van der Waals surface area contributed by atoms with Crippen LogP contribution >= 0.6 is 11.6 Å². The highest BCUT2D eigenvalue weighted by Gasteiger charge is 2.32. The molecule has 1 aliphatic rings. The summed E-state index contributed by atoms with van der Waals surface area (Å²) in [6, 6.07) is 1.54. The van der Waals surface area contributed by atoms with Gasteiger partial charge in [0.25, 0.3) is 0 Å². The van der Waals surface area contributed by atoms with Crippen LogP contribution in [0.25, 0.3) is 0 Å². The lowest BCUT2D eigenvalue weighted by molar-refractivity contribution is 0.573. The van der Waals surface area contributed by atoms with E-state index in [0.29, 0.717) is 25.2 Å².